The number of halogens is 3. The van der Waals surface area contributed by atoms with Crippen molar-refractivity contribution in [2.45, 2.75) is 13.3 Å². The van der Waals surface area contributed by atoms with Crippen molar-refractivity contribution >= 4 is 34.8 Å². The van der Waals surface area contributed by atoms with Crippen molar-refractivity contribution in [1.82, 2.24) is 15.0 Å². The van der Waals surface area contributed by atoms with Crippen LogP contribution in [0, 0.1) is 6.92 Å². The zero-order valence-corrected chi connectivity index (χ0v) is 11.4. The summed E-state index contributed by atoms with van der Waals surface area (Å²) in [4.78, 5) is 0. The largest absolute Gasteiger partial charge is 0.219 e. The van der Waals surface area contributed by atoms with Crippen LogP contribution in [0.2, 0.25) is 10.0 Å². The molecular formula is C11H10Cl3N3. The first-order valence-electron chi connectivity index (χ1n) is 5.05. The van der Waals surface area contributed by atoms with Gasteiger partial charge >= 0.3 is 0 Å². The summed E-state index contributed by atoms with van der Waals surface area (Å²) in [7, 11) is 0. The van der Waals surface area contributed by atoms with E-state index in [0.717, 1.165) is 16.9 Å². The number of hydrogen-bond acceptors (Lipinski definition) is 2. The van der Waals surface area contributed by atoms with Gasteiger partial charge in [0.25, 0.3) is 0 Å². The zero-order valence-electron chi connectivity index (χ0n) is 9.12. The van der Waals surface area contributed by atoms with Gasteiger partial charge in [0, 0.05) is 17.3 Å². The van der Waals surface area contributed by atoms with Gasteiger partial charge in [0.1, 0.15) is 0 Å². The molecule has 0 N–H and O–H groups in total. The average molecular weight is 291 g/mol. The van der Waals surface area contributed by atoms with Crippen molar-refractivity contribution < 1.29 is 0 Å². The van der Waals surface area contributed by atoms with Crippen molar-refractivity contribution in [2.24, 2.45) is 0 Å². The molecule has 0 saturated carbocycles. The van der Waals surface area contributed by atoms with Crippen LogP contribution in [0.5, 0.6) is 0 Å². The van der Waals surface area contributed by atoms with Gasteiger partial charge in [0.2, 0.25) is 0 Å². The Morgan fingerprint density at radius 3 is 2.71 bits per heavy atom. The number of aryl methyl sites for hydroxylation is 2. The third-order valence-corrected chi connectivity index (χ3v) is 3.27. The van der Waals surface area contributed by atoms with Gasteiger partial charge in [0.15, 0.2) is 0 Å². The number of alkyl halides is 1. The predicted molar refractivity (Wildman–Crippen MR) is 70.5 cm³/mol. The van der Waals surface area contributed by atoms with E-state index in [0.29, 0.717) is 22.3 Å². The van der Waals surface area contributed by atoms with Crippen LogP contribution in [0.4, 0.5) is 0 Å². The Kier molecular flexibility index (Phi) is 3.92. The maximum Gasteiger partial charge on any atom is 0.0864 e. The molecule has 0 amide bonds. The molecule has 3 nitrogen and oxygen atoms in total. The molecule has 0 unspecified atom stereocenters. The molecule has 0 bridgehead atoms. The molecule has 90 valence electrons. The van der Waals surface area contributed by atoms with E-state index < -0.39 is 0 Å². The van der Waals surface area contributed by atoms with Crippen molar-refractivity contribution in [3.05, 3.63) is 39.6 Å². The fourth-order valence-electron chi connectivity index (χ4n) is 1.44. The molecule has 2 aromatic rings. The molecular weight excluding hydrogens is 281 g/mol. The van der Waals surface area contributed by atoms with Crippen LogP contribution in [-0.2, 0) is 6.42 Å². The fourth-order valence-corrected chi connectivity index (χ4v) is 2.10. The third-order valence-electron chi connectivity index (χ3n) is 2.37. The van der Waals surface area contributed by atoms with Crippen LogP contribution in [0.15, 0.2) is 18.3 Å². The van der Waals surface area contributed by atoms with Crippen LogP contribution >= 0.6 is 34.8 Å². The van der Waals surface area contributed by atoms with Crippen molar-refractivity contribution in [3.63, 3.8) is 0 Å². The summed E-state index contributed by atoms with van der Waals surface area (Å²) in [6, 6.07) is 3.58. The summed E-state index contributed by atoms with van der Waals surface area (Å²) in [5.74, 6) is 0.515. The second-order valence-electron chi connectivity index (χ2n) is 3.65. The van der Waals surface area contributed by atoms with E-state index in [4.69, 9.17) is 34.8 Å². The minimum absolute atomic E-state index is 0.515. The second-order valence-corrected chi connectivity index (χ2v) is 4.84. The van der Waals surface area contributed by atoms with Gasteiger partial charge in [-0.25, -0.2) is 4.68 Å². The number of nitrogens with zero attached hydrogens (tertiary/aromatic N) is 3. The number of aromatic nitrogens is 3. The molecule has 0 spiro atoms. The van der Waals surface area contributed by atoms with Crippen molar-refractivity contribution in [3.8, 4) is 5.69 Å². The highest BCUT2D eigenvalue weighted by Crippen LogP contribution is 2.27. The summed E-state index contributed by atoms with van der Waals surface area (Å²) in [6.07, 6.45) is 2.48. The molecule has 2 rings (SSSR count). The molecule has 1 aromatic carbocycles. The van der Waals surface area contributed by atoms with Gasteiger partial charge in [-0.15, -0.1) is 16.7 Å². The van der Waals surface area contributed by atoms with Crippen LogP contribution < -0.4 is 0 Å². The van der Waals surface area contributed by atoms with Gasteiger partial charge in [-0.2, -0.15) is 0 Å². The predicted octanol–water partition coefficient (Wildman–Crippen LogP) is 3.66. The molecule has 0 aliphatic heterocycles. The molecule has 0 atom stereocenters. The minimum Gasteiger partial charge on any atom is -0.219 e. The number of hydrogen-bond donors (Lipinski definition) is 0. The fraction of sp³-hybridized carbons (Fsp3) is 0.273. The molecule has 6 heteroatoms. The number of benzene rings is 1. The van der Waals surface area contributed by atoms with Gasteiger partial charge in [0.05, 0.1) is 22.6 Å². The standard InChI is InChI=1S/C11H10Cl3N3/c1-7-4-10(14)11(5-9(7)13)17-6-8(2-3-12)15-16-17/h4-6H,2-3H2,1H3. The quantitative estimate of drug-likeness (QED) is 0.808. The first-order chi connectivity index (χ1) is 8.11. The molecule has 0 aliphatic carbocycles. The lowest BCUT2D eigenvalue weighted by Crippen LogP contribution is -1.96. The topological polar surface area (TPSA) is 30.7 Å². The van der Waals surface area contributed by atoms with E-state index in [1.807, 2.05) is 13.0 Å². The van der Waals surface area contributed by atoms with E-state index in [-0.39, 0.29) is 0 Å². The first kappa shape index (κ1) is 12.7. The monoisotopic (exact) mass is 289 g/mol. The summed E-state index contributed by atoms with van der Waals surface area (Å²) >= 11 is 17.9. The molecule has 0 aliphatic rings. The maximum atomic E-state index is 6.15. The molecule has 1 heterocycles. The Balaban J connectivity index is 2.41. The molecule has 0 radical (unpaired) electrons. The van der Waals surface area contributed by atoms with Gasteiger partial charge in [-0.05, 0) is 24.6 Å². The summed E-state index contributed by atoms with van der Waals surface area (Å²) < 4.78 is 1.61. The highest BCUT2D eigenvalue weighted by molar-refractivity contribution is 6.35. The zero-order chi connectivity index (χ0) is 12.4. The number of rotatable bonds is 3. The highest BCUT2D eigenvalue weighted by atomic mass is 35.5. The van der Waals surface area contributed by atoms with E-state index >= 15 is 0 Å². The van der Waals surface area contributed by atoms with Crippen LogP contribution in [0.3, 0.4) is 0 Å². The molecule has 0 fully saturated rings. The lowest BCUT2D eigenvalue weighted by molar-refractivity contribution is 0.798. The van der Waals surface area contributed by atoms with E-state index in [1.165, 1.54) is 0 Å². The minimum atomic E-state index is 0.515. The summed E-state index contributed by atoms with van der Waals surface area (Å²) in [5.41, 5.74) is 2.48. The Labute approximate surface area is 114 Å². The Bertz CT molecular complexity index is 537. The maximum absolute atomic E-state index is 6.15. The normalized spacial score (nSPS) is 10.8. The van der Waals surface area contributed by atoms with Gasteiger partial charge < -0.3 is 0 Å². The highest BCUT2D eigenvalue weighted by Gasteiger charge is 2.09. The van der Waals surface area contributed by atoms with Crippen LogP contribution in [0.1, 0.15) is 11.3 Å². The Hall–Kier alpha value is -0.770. The van der Waals surface area contributed by atoms with Crippen molar-refractivity contribution in [2.75, 3.05) is 5.88 Å². The third kappa shape index (κ3) is 2.73. The molecule has 1 aromatic heterocycles. The Morgan fingerprint density at radius 1 is 1.24 bits per heavy atom. The van der Waals surface area contributed by atoms with E-state index in [2.05, 4.69) is 10.3 Å². The Morgan fingerprint density at radius 2 is 2.00 bits per heavy atom. The molecule has 17 heavy (non-hydrogen) atoms. The van der Waals surface area contributed by atoms with Crippen LogP contribution in [0.25, 0.3) is 5.69 Å². The van der Waals surface area contributed by atoms with Gasteiger partial charge in [-0.1, -0.05) is 28.4 Å². The lowest BCUT2D eigenvalue weighted by atomic mass is 10.2. The van der Waals surface area contributed by atoms with E-state index in [1.54, 1.807) is 16.9 Å². The van der Waals surface area contributed by atoms with Gasteiger partial charge in [-0.3, -0.25) is 0 Å². The summed E-state index contributed by atoms with van der Waals surface area (Å²) in [6.45, 7) is 1.90. The lowest BCUT2D eigenvalue weighted by Gasteiger charge is -2.06. The SMILES string of the molecule is Cc1cc(Cl)c(-n2cc(CCCl)nn2)cc1Cl. The smallest absolute Gasteiger partial charge is 0.0864 e. The summed E-state index contributed by atoms with van der Waals surface area (Å²) in [5, 5.41) is 9.25. The second kappa shape index (κ2) is 5.25. The average Bonchev–Trinajstić information content (AvgIpc) is 2.72. The molecule has 0 saturated heterocycles. The van der Waals surface area contributed by atoms with Crippen molar-refractivity contribution in [1.29, 1.82) is 0 Å². The van der Waals surface area contributed by atoms with Crippen LogP contribution in [-0.4, -0.2) is 20.9 Å². The van der Waals surface area contributed by atoms with E-state index in [9.17, 15) is 0 Å². The first-order valence-corrected chi connectivity index (χ1v) is 6.34.